The number of nitrogens with one attached hydrogen (secondary N) is 1. The quantitative estimate of drug-likeness (QED) is 0.365. The second-order valence-electron chi connectivity index (χ2n) is 7.16. The molecule has 2 aromatic carbocycles. The molecule has 0 spiro atoms. The summed E-state index contributed by atoms with van der Waals surface area (Å²) in [4.78, 5) is 48.1. The summed E-state index contributed by atoms with van der Waals surface area (Å²) in [6.07, 6.45) is 0. The summed E-state index contributed by atoms with van der Waals surface area (Å²) in [5.74, 6) is -1.60. The number of benzene rings is 2. The molecule has 10 heteroatoms. The molecule has 0 saturated carbocycles. The van der Waals surface area contributed by atoms with E-state index >= 15 is 0 Å². The van der Waals surface area contributed by atoms with Crippen LogP contribution in [0.3, 0.4) is 0 Å². The molecule has 2 rings (SSSR count). The van der Waals surface area contributed by atoms with Crippen molar-refractivity contribution in [3.8, 4) is 0 Å². The van der Waals surface area contributed by atoms with E-state index in [1.165, 1.54) is 24.1 Å². The molecule has 3 N–H and O–H groups in total. The molecular weight excluding hydrogens is 420 g/mol. The number of carbonyl (C=O) groups excluding carboxylic acids is 3. The van der Waals surface area contributed by atoms with Crippen LogP contribution in [0, 0.1) is 30.9 Å². The number of nitrogens with zero attached hydrogens (tertiary/aromatic N) is 2. The van der Waals surface area contributed by atoms with Crippen molar-refractivity contribution < 1.29 is 19.3 Å². The molecule has 0 radical (unpaired) electrons. The van der Waals surface area contributed by atoms with Crippen molar-refractivity contribution >= 4 is 40.9 Å². The van der Waals surface area contributed by atoms with Gasteiger partial charge < -0.3 is 16.0 Å². The van der Waals surface area contributed by atoms with Crippen molar-refractivity contribution in [1.82, 2.24) is 4.90 Å². The molecule has 0 atom stereocenters. The minimum atomic E-state index is -0.777. The molecule has 164 valence electrons. The van der Waals surface area contributed by atoms with E-state index in [9.17, 15) is 24.5 Å². The van der Waals surface area contributed by atoms with Crippen molar-refractivity contribution in [2.24, 2.45) is 5.73 Å². The van der Waals surface area contributed by atoms with Gasteiger partial charge in [0.15, 0.2) is 0 Å². The lowest BCUT2D eigenvalue weighted by atomic mass is 10.1. The Hall–Kier alpha value is -3.40. The van der Waals surface area contributed by atoms with Crippen molar-refractivity contribution in [3.63, 3.8) is 0 Å². The monoisotopic (exact) mass is 444 g/mol. The lowest BCUT2D eigenvalue weighted by Gasteiger charge is -2.18. The fourth-order valence-electron chi connectivity index (χ4n) is 3.04. The van der Waals surface area contributed by atoms with E-state index in [0.717, 1.165) is 40.2 Å². The van der Waals surface area contributed by atoms with Gasteiger partial charge in [-0.25, -0.2) is 0 Å². The number of nitro benzene ring substituents is 1. The molecule has 0 aliphatic carbocycles. The van der Waals surface area contributed by atoms with Crippen LogP contribution in [0.2, 0.25) is 0 Å². The Morgan fingerprint density at radius 2 is 1.74 bits per heavy atom. The van der Waals surface area contributed by atoms with E-state index in [1.54, 1.807) is 0 Å². The predicted molar refractivity (Wildman–Crippen MR) is 119 cm³/mol. The number of amides is 3. The number of rotatable bonds is 8. The summed E-state index contributed by atoms with van der Waals surface area (Å²) in [6.45, 7) is 5.62. The maximum Gasteiger partial charge on any atom is 0.283 e. The second-order valence-corrected chi connectivity index (χ2v) is 8.18. The number of likely N-dealkylation sites (N-methyl/N-ethyl adjacent to an activating group) is 1. The summed E-state index contributed by atoms with van der Waals surface area (Å²) < 4.78 is 0. The summed E-state index contributed by atoms with van der Waals surface area (Å²) in [5, 5.41) is 14.1. The van der Waals surface area contributed by atoms with Gasteiger partial charge >= 0.3 is 0 Å². The van der Waals surface area contributed by atoms with Crippen molar-refractivity contribution in [3.05, 3.63) is 62.7 Å². The number of hydrogen-bond donors (Lipinski definition) is 2. The number of aryl methyl sites for hydroxylation is 3. The van der Waals surface area contributed by atoms with Gasteiger partial charge in [-0.05, 0) is 44.0 Å². The standard InChI is InChI=1S/C21H24N4O5S/c1-12-7-13(2)20(14(3)8-12)23-18(26)10-24(4)19(27)11-31-17-6-5-15(21(22)28)9-16(17)25(29)30/h5-9H,10-11H2,1-4H3,(H2,22,28)(H,23,26). The largest absolute Gasteiger partial charge is 0.366 e. The second kappa shape index (κ2) is 10.1. The van der Waals surface area contributed by atoms with Gasteiger partial charge in [0.05, 0.1) is 22.1 Å². The molecule has 0 fully saturated rings. The van der Waals surface area contributed by atoms with Crippen LogP contribution in [-0.2, 0) is 9.59 Å². The van der Waals surface area contributed by atoms with Crippen LogP contribution < -0.4 is 11.1 Å². The molecule has 0 heterocycles. The van der Waals surface area contributed by atoms with Crippen molar-refractivity contribution in [2.75, 3.05) is 24.7 Å². The highest BCUT2D eigenvalue weighted by atomic mass is 32.2. The van der Waals surface area contributed by atoms with E-state index in [4.69, 9.17) is 5.73 Å². The molecule has 0 unspecified atom stereocenters. The van der Waals surface area contributed by atoms with E-state index < -0.39 is 10.8 Å². The highest BCUT2D eigenvalue weighted by molar-refractivity contribution is 8.00. The Morgan fingerprint density at radius 1 is 1.13 bits per heavy atom. The van der Waals surface area contributed by atoms with Gasteiger partial charge in [-0.2, -0.15) is 0 Å². The Kier molecular flexibility index (Phi) is 7.76. The molecule has 0 aliphatic rings. The van der Waals surface area contributed by atoms with Crippen LogP contribution in [-0.4, -0.2) is 46.9 Å². The van der Waals surface area contributed by atoms with E-state index in [-0.39, 0.29) is 40.3 Å². The molecule has 3 amide bonds. The van der Waals surface area contributed by atoms with Gasteiger partial charge in [-0.3, -0.25) is 24.5 Å². The van der Waals surface area contributed by atoms with Gasteiger partial charge in [0.1, 0.15) is 0 Å². The minimum absolute atomic E-state index is 0.0119. The average molecular weight is 445 g/mol. The highest BCUT2D eigenvalue weighted by Crippen LogP contribution is 2.30. The van der Waals surface area contributed by atoms with Crippen LogP contribution in [0.25, 0.3) is 0 Å². The summed E-state index contributed by atoms with van der Waals surface area (Å²) in [6, 6.07) is 7.75. The molecule has 0 bridgehead atoms. The predicted octanol–water partition coefficient (Wildman–Crippen LogP) is 2.81. The van der Waals surface area contributed by atoms with Crippen molar-refractivity contribution in [2.45, 2.75) is 25.7 Å². The van der Waals surface area contributed by atoms with Crippen molar-refractivity contribution in [1.29, 1.82) is 0 Å². The minimum Gasteiger partial charge on any atom is -0.366 e. The Balaban J connectivity index is 2.00. The third-order valence-electron chi connectivity index (χ3n) is 4.54. The zero-order chi connectivity index (χ0) is 23.3. The molecule has 0 aliphatic heterocycles. The average Bonchev–Trinajstić information content (AvgIpc) is 2.68. The molecule has 0 saturated heterocycles. The van der Waals surface area contributed by atoms with Crippen LogP contribution in [0.5, 0.6) is 0 Å². The SMILES string of the molecule is Cc1cc(C)c(NC(=O)CN(C)C(=O)CSc2ccc(C(N)=O)cc2[N+](=O)[O-])c(C)c1. The maximum absolute atomic E-state index is 12.4. The van der Waals surface area contributed by atoms with Crippen LogP contribution in [0.4, 0.5) is 11.4 Å². The molecule has 2 aromatic rings. The number of hydrogen-bond acceptors (Lipinski definition) is 6. The first kappa shape index (κ1) is 23.9. The first-order chi connectivity index (χ1) is 14.5. The first-order valence-corrected chi connectivity index (χ1v) is 10.3. The van der Waals surface area contributed by atoms with Gasteiger partial charge in [0, 0.05) is 24.4 Å². The van der Waals surface area contributed by atoms with Crippen LogP contribution in [0.15, 0.2) is 35.2 Å². The van der Waals surface area contributed by atoms with Gasteiger partial charge in [0.2, 0.25) is 17.7 Å². The molecular formula is C21H24N4O5S. The van der Waals surface area contributed by atoms with Gasteiger partial charge in [0.25, 0.3) is 5.69 Å². The molecule has 9 nitrogen and oxygen atoms in total. The summed E-state index contributed by atoms with van der Waals surface area (Å²) in [7, 11) is 1.49. The highest BCUT2D eigenvalue weighted by Gasteiger charge is 2.20. The van der Waals surface area contributed by atoms with Crippen LogP contribution in [0.1, 0.15) is 27.0 Å². The summed E-state index contributed by atoms with van der Waals surface area (Å²) >= 11 is 0.953. The smallest absolute Gasteiger partial charge is 0.283 e. The molecule has 0 aromatic heterocycles. The normalized spacial score (nSPS) is 10.5. The van der Waals surface area contributed by atoms with E-state index in [1.807, 2.05) is 32.9 Å². The zero-order valence-electron chi connectivity index (χ0n) is 17.7. The van der Waals surface area contributed by atoms with Gasteiger partial charge in [-0.1, -0.05) is 17.7 Å². The van der Waals surface area contributed by atoms with E-state index in [2.05, 4.69) is 5.32 Å². The summed E-state index contributed by atoms with van der Waals surface area (Å²) in [5.41, 5.74) is 8.54. The number of carbonyl (C=O) groups is 3. The number of nitro groups is 1. The van der Waals surface area contributed by atoms with Gasteiger partial charge in [-0.15, -0.1) is 11.8 Å². The number of anilines is 1. The third-order valence-corrected chi connectivity index (χ3v) is 5.59. The number of thioether (sulfide) groups is 1. The zero-order valence-corrected chi connectivity index (χ0v) is 18.5. The number of primary amides is 1. The fourth-order valence-corrected chi connectivity index (χ4v) is 3.99. The maximum atomic E-state index is 12.4. The fraction of sp³-hybridized carbons (Fsp3) is 0.286. The third kappa shape index (κ3) is 6.29. The first-order valence-electron chi connectivity index (χ1n) is 9.32. The van der Waals surface area contributed by atoms with E-state index in [0.29, 0.717) is 0 Å². The number of nitrogens with two attached hydrogens (primary N) is 1. The lowest BCUT2D eigenvalue weighted by Crippen LogP contribution is -2.36. The Labute approximate surface area is 184 Å². The molecule has 31 heavy (non-hydrogen) atoms. The van der Waals surface area contributed by atoms with Crippen LogP contribution >= 0.6 is 11.8 Å². The Bertz CT molecular complexity index is 1030. The lowest BCUT2D eigenvalue weighted by molar-refractivity contribution is -0.387. The Morgan fingerprint density at radius 3 is 2.29 bits per heavy atom. The topological polar surface area (TPSA) is 136 Å².